The third kappa shape index (κ3) is 11.0. The molecule has 0 bridgehead atoms. The van der Waals surface area contributed by atoms with Crippen LogP contribution in [0, 0.1) is 6.92 Å². The fraction of sp³-hybridized carbons (Fsp3) is 0.286. The average molecular weight is 755 g/mol. The Kier molecular flexibility index (Phi) is 12.0. The number of amides is 3. The molecule has 1 saturated carbocycles. The number of hydrogen-bond donors (Lipinski definition) is 5. The monoisotopic (exact) mass is 754 g/mol. The quantitative estimate of drug-likeness (QED) is 0.0859. The molecule has 0 spiro atoms. The van der Waals surface area contributed by atoms with Gasteiger partial charge >= 0.3 is 30.0 Å². The van der Waals surface area contributed by atoms with Gasteiger partial charge in [-0.25, -0.2) is 4.79 Å². The smallest absolute Gasteiger partial charge is 0.422 e. The van der Waals surface area contributed by atoms with Crippen molar-refractivity contribution in [2.45, 2.75) is 43.9 Å². The molecule has 14 nitrogen and oxygen atoms in total. The second-order valence-electron chi connectivity index (χ2n) is 12.0. The molecular formula is C35H34ClF3N8O6. The molecule has 1 aromatic heterocycles. The number of anilines is 4. The molecule has 0 aliphatic heterocycles. The molecule has 4 aromatic rings. The molecule has 5 rings (SSSR count). The number of ether oxygens (including phenoxy) is 2. The van der Waals surface area contributed by atoms with Crippen molar-refractivity contribution in [1.29, 1.82) is 0 Å². The van der Waals surface area contributed by atoms with Crippen LogP contribution in [0.25, 0.3) is 0 Å². The zero-order valence-corrected chi connectivity index (χ0v) is 29.1. The topological polar surface area (TPSA) is 186 Å². The molecule has 53 heavy (non-hydrogen) atoms. The Hall–Kier alpha value is -5.97. The summed E-state index contributed by atoms with van der Waals surface area (Å²) in [4.78, 5) is 62.4. The fourth-order valence-electron chi connectivity index (χ4n) is 5.06. The van der Waals surface area contributed by atoms with Crippen molar-refractivity contribution >= 4 is 58.6 Å². The van der Waals surface area contributed by atoms with Gasteiger partial charge in [0, 0.05) is 28.5 Å². The molecule has 278 valence electrons. The van der Waals surface area contributed by atoms with Gasteiger partial charge in [0.15, 0.2) is 6.61 Å². The van der Waals surface area contributed by atoms with Crippen molar-refractivity contribution in [3.63, 3.8) is 0 Å². The molecule has 18 heteroatoms. The molecule has 1 heterocycles. The van der Waals surface area contributed by atoms with Crippen LogP contribution in [0.2, 0.25) is 5.02 Å². The largest absolute Gasteiger partial charge is 0.467 e. The summed E-state index contributed by atoms with van der Waals surface area (Å²) < 4.78 is 48.4. The summed E-state index contributed by atoms with van der Waals surface area (Å²) in [5, 5.41) is 14.0. The van der Waals surface area contributed by atoms with Crippen LogP contribution in [0.4, 0.5) is 36.4 Å². The van der Waals surface area contributed by atoms with E-state index >= 15 is 0 Å². The van der Waals surface area contributed by atoms with Crippen LogP contribution in [0.1, 0.15) is 40.7 Å². The van der Waals surface area contributed by atoms with E-state index in [1.54, 1.807) is 30.3 Å². The number of halogens is 4. The number of methoxy groups -OCH3 is 1. The standard InChI is InChI=1S/C35H34ClF3N8O6/c1-20-4-3-5-25(18-20)41-29(50)28(49)40-17-14-26(30(51)52-2)43-27(48)21-6-12-24(13-7-21)42-31-44-32(46-33(45-31)53-19-35(37,38)39)47-34(15-16-34)22-8-10-23(36)11-9-22/h3-13,18,26H,14-17,19H2,1-2H3,(H,40,49)(H,41,50)(H,43,48)(H2,42,44,45,46,47)/t26-/m1/s1. The first-order valence-corrected chi connectivity index (χ1v) is 16.5. The lowest BCUT2D eigenvalue weighted by Crippen LogP contribution is -2.44. The minimum atomic E-state index is -4.63. The van der Waals surface area contributed by atoms with Crippen molar-refractivity contribution in [3.05, 3.63) is 94.5 Å². The number of alkyl halides is 3. The number of aryl methyl sites for hydroxylation is 1. The Morgan fingerprint density at radius 3 is 2.25 bits per heavy atom. The van der Waals surface area contributed by atoms with Crippen molar-refractivity contribution in [3.8, 4) is 6.01 Å². The molecule has 1 fully saturated rings. The van der Waals surface area contributed by atoms with E-state index in [4.69, 9.17) is 21.1 Å². The van der Waals surface area contributed by atoms with Gasteiger partial charge in [-0.15, -0.1) is 0 Å². The molecule has 1 aliphatic rings. The minimum Gasteiger partial charge on any atom is -0.467 e. The summed E-state index contributed by atoms with van der Waals surface area (Å²) in [6, 6.07) is 18.1. The van der Waals surface area contributed by atoms with Crippen LogP contribution >= 0.6 is 11.6 Å². The molecule has 1 aliphatic carbocycles. The zero-order valence-electron chi connectivity index (χ0n) is 28.3. The number of nitrogens with zero attached hydrogens (tertiary/aromatic N) is 3. The number of esters is 1. The Labute approximate surface area is 306 Å². The van der Waals surface area contributed by atoms with Crippen LogP contribution in [-0.2, 0) is 24.7 Å². The van der Waals surface area contributed by atoms with E-state index in [9.17, 15) is 32.3 Å². The lowest BCUT2D eigenvalue weighted by atomic mass is 10.1. The minimum absolute atomic E-state index is 0.0277. The number of aromatic nitrogens is 3. The first-order valence-electron chi connectivity index (χ1n) is 16.1. The van der Waals surface area contributed by atoms with Crippen LogP contribution in [0.5, 0.6) is 6.01 Å². The summed E-state index contributed by atoms with van der Waals surface area (Å²) in [6.45, 7) is 0.0749. The van der Waals surface area contributed by atoms with Crippen LogP contribution in [0.3, 0.4) is 0 Å². The van der Waals surface area contributed by atoms with Gasteiger partial charge in [0.05, 0.1) is 12.6 Å². The first-order chi connectivity index (χ1) is 25.2. The molecule has 0 radical (unpaired) electrons. The van der Waals surface area contributed by atoms with Crippen LogP contribution in [0.15, 0.2) is 72.8 Å². The van der Waals surface area contributed by atoms with Crippen molar-refractivity contribution < 1.29 is 41.8 Å². The Morgan fingerprint density at radius 2 is 1.60 bits per heavy atom. The predicted octanol–water partition coefficient (Wildman–Crippen LogP) is 5.04. The summed E-state index contributed by atoms with van der Waals surface area (Å²) in [6.07, 6.45) is -3.30. The van der Waals surface area contributed by atoms with Crippen molar-refractivity contribution in [1.82, 2.24) is 25.6 Å². The molecule has 0 saturated heterocycles. The average Bonchev–Trinajstić information content (AvgIpc) is 3.90. The van der Waals surface area contributed by atoms with Crippen LogP contribution < -0.4 is 31.3 Å². The van der Waals surface area contributed by atoms with Gasteiger partial charge < -0.3 is 36.1 Å². The molecule has 3 amide bonds. The number of benzene rings is 3. The first kappa shape index (κ1) is 38.3. The van der Waals surface area contributed by atoms with Gasteiger partial charge in [0.25, 0.3) is 5.91 Å². The maximum absolute atomic E-state index is 13.0. The van der Waals surface area contributed by atoms with Crippen molar-refractivity contribution in [2.75, 3.05) is 36.2 Å². The van der Waals surface area contributed by atoms with E-state index in [0.717, 1.165) is 18.2 Å². The van der Waals surface area contributed by atoms with E-state index in [-0.39, 0.29) is 30.4 Å². The zero-order chi connectivity index (χ0) is 38.2. The summed E-state index contributed by atoms with van der Waals surface area (Å²) in [5.74, 6) is -3.42. The summed E-state index contributed by atoms with van der Waals surface area (Å²) in [5.41, 5.74) is 2.16. The third-order valence-electron chi connectivity index (χ3n) is 7.87. The molecule has 0 unspecified atom stereocenters. The molecule has 3 aromatic carbocycles. The molecule has 5 N–H and O–H groups in total. The number of hydrogen-bond acceptors (Lipinski definition) is 11. The Morgan fingerprint density at radius 1 is 0.906 bits per heavy atom. The van der Waals surface area contributed by atoms with E-state index < -0.39 is 54.1 Å². The number of carbonyl (C=O) groups is 4. The highest BCUT2D eigenvalue weighted by Gasteiger charge is 2.45. The molecular weight excluding hydrogens is 721 g/mol. The van der Waals surface area contributed by atoms with Gasteiger partial charge in [-0.2, -0.15) is 28.1 Å². The van der Waals surface area contributed by atoms with Gasteiger partial charge in [0.1, 0.15) is 6.04 Å². The maximum Gasteiger partial charge on any atom is 0.422 e. The lowest BCUT2D eigenvalue weighted by Gasteiger charge is -2.19. The van der Waals surface area contributed by atoms with E-state index in [1.807, 2.05) is 25.1 Å². The van der Waals surface area contributed by atoms with E-state index in [0.29, 0.717) is 29.2 Å². The fourth-order valence-corrected chi connectivity index (χ4v) is 5.19. The predicted molar refractivity (Wildman–Crippen MR) is 188 cm³/mol. The second-order valence-corrected chi connectivity index (χ2v) is 12.4. The van der Waals surface area contributed by atoms with Crippen molar-refractivity contribution in [2.24, 2.45) is 0 Å². The highest BCUT2D eigenvalue weighted by molar-refractivity contribution is 6.39. The number of rotatable bonds is 14. The molecule has 1 atom stereocenters. The van der Waals surface area contributed by atoms with Gasteiger partial charge in [0.2, 0.25) is 11.9 Å². The van der Waals surface area contributed by atoms with Gasteiger partial charge in [-0.3, -0.25) is 14.4 Å². The van der Waals surface area contributed by atoms with Crippen LogP contribution in [-0.4, -0.2) is 71.1 Å². The number of nitrogens with one attached hydrogen (secondary N) is 5. The second kappa shape index (κ2) is 16.6. The highest BCUT2D eigenvalue weighted by atomic mass is 35.5. The van der Waals surface area contributed by atoms with Gasteiger partial charge in [-0.1, -0.05) is 35.9 Å². The summed E-state index contributed by atoms with van der Waals surface area (Å²) in [7, 11) is 1.14. The van der Waals surface area contributed by atoms with E-state index in [2.05, 4.69) is 41.5 Å². The lowest BCUT2D eigenvalue weighted by molar-refractivity contribution is -0.154. The third-order valence-corrected chi connectivity index (χ3v) is 8.12. The van der Waals surface area contributed by atoms with Gasteiger partial charge in [-0.05, 0) is 85.8 Å². The Balaban J connectivity index is 1.21. The number of carbonyl (C=O) groups excluding carboxylic acids is 4. The summed E-state index contributed by atoms with van der Waals surface area (Å²) >= 11 is 6.02. The maximum atomic E-state index is 13.0. The van der Waals surface area contributed by atoms with E-state index in [1.165, 1.54) is 24.3 Å². The SMILES string of the molecule is COC(=O)[C@@H](CCNC(=O)C(=O)Nc1cccc(C)c1)NC(=O)c1ccc(Nc2nc(NC3(c4ccc(Cl)cc4)CC3)nc(OCC(F)(F)F)n2)cc1. The Bertz CT molecular complexity index is 1960. The normalized spacial score (nSPS) is 13.5. The highest BCUT2D eigenvalue weighted by Crippen LogP contribution is 2.48.